The Balaban J connectivity index is 2.72. The molecule has 0 aromatic heterocycles. The lowest BCUT2D eigenvalue weighted by Crippen LogP contribution is -2.46. The Morgan fingerprint density at radius 2 is 1.83 bits per heavy atom. The minimum Gasteiger partial charge on any atom is -0.394 e. The first-order valence-electron chi connectivity index (χ1n) is 3.53. The summed E-state index contributed by atoms with van der Waals surface area (Å²) in [7, 11) is 0. The zero-order valence-corrected chi connectivity index (χ0v) is 6.29. The molecule has 0 radical (unpaired) electrons. The van der Waals surface area contributed by atoms with Crippen molar-refractivity contribution < 1.29 is 30.3 Å². The van der Waals surface area contributed by atoms with Gasteiger partial charge in [-0.25, -0.2) is 0 Å². The molecule has 6 heteroatoms. The van der Waals surface area contributed by atoms with Gasteiger partial charge in [-0.1, -0.05) is 0 Å². The summed E-state index contributed by atoms with van der Waals surface area (Å²) >= 11 is 0. The van der Waals surface area contributed by atoms with Crippen LogP contribution in [0, 0.1) is 0 Å². The molecular formula is C6H12O6. The Labute approximate surface area is 68.6 Å². The third-order valence-corrected chi connectivity index (χ3v) is 1.93. The summed E-state index contributed by atoms with van der Waals surface area (Å²) < 4.78 is 4.63. The van der Waals surface area contributed by atoms with Crippen molar-refractivity contribution >= 4 is 0 Å². The van der Waals surface area contributed by atoms with Gasteiger partial charge in [-0.3, -0.25) is 0 Å². The number of ether oxygens (including phenoxy) is 1. The molecule has 72 valence electrons. The largest absolute Gasteiger partial charge is 0.394 e. The molecule has 1 fully saturated rings. The van der Waals surface area contributed by atoms with E-state index in [1.165, 1.54) is 0 Å². The van der Waals surface area contributed by atoms with Gasteiger partial charge in [0.2, 0.25) is 5.79 Å². The van der Waals surface area contributed by atoms with Crippen LogP contribution in [0.15, 0.2) is 0 Å². The van der Waals surface area contributed by atoms with E-state index >= 15 is 0 Å². The maximum atomic E-state index is 9.25. The number of rotatable bonds is 2. The fourth-order valence-corrected chi connectivity index (χ4v) is 1.15. The predicted molar refractivity (Wildman–Crippen MR) is 36.0 cm³/mol. The van der Waals surface area contributed by atoms with Gasteiger partial charge in [0.15, 0.2) is 0 Å². The van der Waals surface area contributed by atoms with Crippen molar-refractivity contribution in [2.75, 3.05) is 13.2 Å². The number of hydrogen-bond acceptors (Lipinski definition) is 6. The molecule has 0 bridgehead atoms. The van der Waals surface area contributed by atoms with Crippen LogP contribution >= 0.6 is 0 Å². The summed E-state index contributed by atoms with van der Waals surface area (Å²) in [5.41, 5.74) is 0. The maximum Gasteiger partial charge on any atom is 0.219 e. The van der Waals surface area contributed by atoms with E-state index in [1.54, 1.807) is 0 Å². The van der Waals surface area contributed by atoms with E-state index in [0.717, 1.165) is 0 Å². The standard InChI is InChI=1S/C6H12O6/c7-1-3-4(9)5(10)6(11,2-8)12-3/h3-5,7-11H,1-2H2/t3-,4-,5-,6?/m1/s1. The lowest BCUT2D eigenvalue weighted by molar-refractivity contribution is -0.248. The molecule has 5 N–H and O–H groups in total. The van der Waals surface area contributed by atoms with Crippen molar-refractivity contribution in [1.29, 1.82) is 0 Å². The van der Waals surface area contributed by atoms with Crippen LogP contribution in [0.2, 0.25) is 0 Å². The molecule has 0 aromatic carbocycles. The highest BCUT2D eigenvalue weighted by atomic mass is 16.7. The second-order valence-corrected chi connectivity index (χ2v) is 2.78. The molecule has 1 rings (SSSR count). The van der Waals surface area contributed by atoms with Crippen LogP contribution in [0.3, 0.4) is 0 Å². The first-order chi connectivity index (χ1) is 5.55. The fourth-order valence-electron chi connectivity index (χ4n) is 1.15. The zero-order valence-electron chi connectivity index (χ0n) is 6.29. The monoisotopic (exact) mass is 180 g/mol. The molecule has 1 saturated heterocycles. The summed E-state index contributed by atoms with van der Waals surface area (Å²) in [5.74, 6) is -2.16. The van der Waals surface area contributed by atoms with Gasteiger partial charge in [0.05, 0.1) is 13.2 Å². The van der Waals surface area contributed by atoms with Crippen LogP contribution in [0.4, 0.5) is 0 Å². The molecule has 0 aliphatic carbocycles. The van der Waals surface area contributed by atoms with E-state index in [-0.39, 0.29) is 0 Å². The Bertz CT molecular complexity index is 162. The highest BCUT2D eigenvalue weighted by molar-refractivity contribution is 4.94. The van der Waals surface area contributed by atoms with Crippen molar-refractivity contribution in [3.05, 3.63) is 0 Å². The molecule has 0 saturated carbocycles. The molecule has 0 amide bonds. The van der Waals surface area contributed by atoms with E-state index in [4.69, 9.17) is 20.4 Å². The van der Waals surface area contributed by atoms with Crippen LogP contribution in [-0.4, -0.2) is 62.8 Å². The molecule has 12 heavy (non-hydrogen) atoms. The van der Waals surface area contributed by atoms with Gasteiger partial charge in [-0.2, -0.15) is 0 Å². The summed E-state index contributed by atoms with van der Waals surface area (Å²) in [6, 6.07) is 0. The average molecular weight is 180 g/mol. The molecule has 4 atom stereocenters. The predicted octanol–water partition coefficient (Wildman–Crippen LogP) is -3.22. The average Bonchev–Trinajstić information content (AvgIpc) is 2.31. The highest BCUT2D eigenvalue weighted by Gasteiger charge is 2.52. The molecule has 1 aliphatic heterocycles. The van der Waals surface area contributed by atoms with Crippen LogP contribution in [0.25, 0.3) is 0 Å². The lowest BCUT2D eigenvalue weighted by atomic mass is 10.1. The Hall–Kier alpha value is -0.240. The number of aliphatic hydroxyl groups is 5. The minimum atomic E-state index is -2.16. The summed E-state index contributed by atoms with van der Waals surface area (Å²) in [4.78, 5) is 0. The first kappa shape index (κ1) is 9.85. The molecule has 6 nitrogen and oxygen atoms in total. The van der Waals surface area contributed by atoms with E-state index in [1.807, 2.05) is 0 Å². The highest BCUT2D eigenvalue weighted by Crippen LogP contribution is 2.28. The maximum absolute atomic E-state index is 9.25. The zero-order chi connectivity index (χ0) is 9.35. The number of aliphatic hydroxyl groups excluding tert-OH is 4. The van der Waals surface area contributed by atoms with Crippen molar-refractivity contribution in [3.8, 4) is 0 Å². The van der Waals surface area contributed by atoms with E-state index in [9.17, 15) is 5.11 Å². The molecule has 1 aliphatic rings. The third kappa shape index (κ3) is 1.33. The fraction of sp³-hybridized carbons (Fsp3) is 1.00. The molecule has 1 unspecified atom stereocenters. The van der Waals surface area contributed by atoms with Crippen molar-refractivity contribution in [3.63, 3.8) is 0 Å². The second-order valence-electron chi connectivity index (χ2n) is 2.78. The van der Waals surface area contributed by atoms with Gasteiger partial charge in [0.1, 0.15) is 18.3 Å². The molecule has 1 heterocycles. The van der Waals surface area contributed by atoms with E-state index < -0.39 is 37.3 Å². The van der Waals surface area contributed by atoms with Crippen LogP contribution < -0.4 is 0 Å². The van der Waals surface area contributed by atoms with Crippen LogP contribution in [0.5, 0.6) is 0 Å². The smallest absolute Gasteiger partial charge is 0.219 e. The molecule has 0 aromatic rings. The minimum absolute atomic E-state index is 0.527. The van der Waals surface area contributed by atoms with Crippen LogP contribution in [-0.2, 0) is 4.74 Å². The van der Waals surface area contributed by atoms with Gasteiger partial charge in [0.25, 0.3) is 0 Å². The Morgan fingerprint density at radius 3 is 2.08 bits per heavy atom. The third-order valence-electron chi connectivity index (χ3n) is 1.93. The van der Waals surface area contributed by atoms with Crippen molar-refractivity contribution in [1.82, 2.24) is 0 Å². The van der Waals surface area contributed by atoms with Gasteiger partial charge in [-0.15, -0.1) is 0 Å². The second kappa shape index (κ2) is 3.25. The molecular weight excluding hydrogens is 168 g/mol. The van der Waals surface area contributed by atoms with Crippen LogP contribution in [0.1, 0.15) is 0 Å². The quantitative estimate of drug-likeness (QED) is 0.306. The normalized spacial score (nSPS) is 48.2. The van der Waals surface area contributed by atoms with Gasteiger partial charge >= 0.3 is 0 Å². The van der Waals surface area contributed by atoms with E-state index in [2.05, 4.69) is 4.74 Å². The molecule has 0 spiro atoms. The van der Waals surface area contributed by atoms with E-state index in [0.29, 0.717) is 0 Å². The van der Waals surface area contributed by atoms with Crippen molar-refractivity contribution in [2.24, 2.45) is 0 Å². The Kier molecular flexibility index (Phi) is 2.67. The van der Waals surface area contributed by atoms with Gasteiger partial charge < -0.3 is 30.3 Å². The summed E-state index contributed by atoms with van der Waals surface area (Å²) in [5, 5.41) is 44.7. The van der Waals surface area contributed by atoms with Gasteiger partial charge in [0, 0.05) is 0 Å². The summed E-state index contributed by atoms with van der Waals surface area (Å²) in [6.07, 6.45) is -4.04. The Morgan fingerprint density at radius 1 is 1.25 bits per heavy atom. The topological polar surface area (TPSA) is 110 Å². The SMILES string of the molecule is OC[C@H]1OC(O)(CO)[C@H](O)[C@@H]1O. The first-order valence-corrected chi connectivity index (χ1v) is 3.53. The number of hydrogen-bond donors (Lipinski definition) is 5. The van der Waals surface area contributed by atoms with Crippen molar-refractivity contribution in [2.45, 2.75) is 24.1 Å². The lowest BCUT2D eigenvalue weighted by Gasteiger charge is -2.22. The summed E-state index contributed by atoms with van der Waals surface area (Å²) in [6.45, 7) is -1.36. The van der Waals surface area contributed by atoms with Gasteiger partial charge in [-0.05, 0) is 0 Å².